The second-order valence-corrected chi connectivity index (χ2v) is 6.34. The molecule has 1 aliphatic carbocycles. The molecule has 0 atom stereocenters. The van der Waals surface area contributed by atoms with Crippen LogP contribution in [0, 0.1) is 6.92 Å². The van der Waals surface area contributed by atoms with Gasteiger partial charge in [0.15, 0.2) is 0 Å². The molecule has 0 N–H and O–H groups in total. The number of hydrogen-bond acceptors (Lipinski definition) is 0. The predicted molar refractivity (Wildman–Crippen MR) is 102 cm³/mol. The van der Waals surface area contributed by atoms with Crippen molar-refractivity contribution in [3.63, 3.8) is 0 Å². The molecule has 0 unspecified atom stereocenters. The first kappa shape index (κ1) is 14.0. The van der Waals surface area contributed by atoms with Gasteiger partial charge in [-0.3, -0.25) is 0 Å². The molecule has 0 aliphatic heterocycles. The van der Waals surface area contributed by atoms with Crippen LogP contribution in [0.5, 0.6) is 0 Å². The van der Waals surface area contributed by atoms with Crippen molar-refractivity contribution in [1.82, 2.24) is 0 Å². The predicted octanol–water partition coefficient (Wildman–Crippen LogP) is 5.42. The molecule has 0 aromatic heterocycles. The molecule has 0 heterocycles. The molecule has 112 valence electrons. The van der Waals surface area contributed by atoms with Crippen molar-refractivity contribution in [1.29, 1.82) is 0 Å². The fraction of sp³-hybridized carbons (Fsp3) is 0.130. The fourth-order valence-electron chi connectivity index (χ4n) is 3.84. The van der Waals surface area contributed by atoms with Crippen LogP contribution in [0.3, 0.4) is 0 Å². The van der Waals surface area contributed by atoms with Gasteiger partial charge in [-0.15, -0.1) is 0 Å². The summed E-state index contributed by atoms with van der Waals surface area (Å²) in [5, 5.41) is 6.90. The van der Waals surface area contributed by atoms with Crippen LogP contribution in [0.15, 0.2) is 73.4 Å². The van der Waals surface area contributed by atoms with Gasteiger partial charge in [0.25, 0.3) is 0 Å². The molecule has 0 heteroatoms. The zero-order valence-electron chi connectivity index (χ0n) is 13.5. The second-order valence-electron chi connectivity index (χ2n) is 6.34. The zero-order valence-corrected chi connectivity index (χ0v) is 13.5. The molecule has 23 heavy (non-hydrogen) atoms. The molecule has 0 spiro atoms. The third kappa shape index (κ3) is 2.06. The van der Waals surface area contributed by atoms with E-state index in [4.69, 9.17) is 0 Å². The van der Waals surface area contributed by atoms with Crippen LogP contribution in [0.4, 0.5) is 0 Å². The maximum absolute atomic E-state index is 4.28. The highest BCUT2D eigenvalue weighted by Gasteiger charge is 2.16. The molecule has 0 radical (unpaired) electrons. The van der Waals surface area contributed by atoms with Gasteiger partial charge in [-0.2, -0.15) is 0 Å². The Balaban J connectivity index is 2.17. The van der Waals surface area contributed by atoms with Gasteiger partial charge in [0.1, 0.15) is 0 Å². The van der Waals surface area contributed by atoms with Crippen LogP contribution in [-0.4, -0.2) is 0 Å². The first-order valence-electron chi connectivity index (χ1n) is 8.16. The number of hydrogen-bond donors (Lipinski definition) is 0. The van der Waals surface area contributed by atoms with E-state index in [1.54, 1.807) is 6.08 Å². The van der Waals surface area contributed by atoms with Crippen molar-refractivity contribution in [3.05, 3.63) is 89.7 Å². The lowest BCUT2D eigenvalue weighted by Gasteiger charge is -2.20. The molecule has 0 nitrogen and oxygen atoms in total. The topological polar surface area (TPSA) is 0 Å². The van der Waals surface area contributed by atoms with E-state index in [0.29, 0.717) is 0 Å². The maximum Gasteiger partial charge on any atom is -0.00273 e. The first-order valence-corrected chi connectivity index (χ1v) is 8.16. The highest BCUT2D eigenvalue weighted by Crippen LogP contribution is 2.33. The SMILES string of the molecule is C=C/C=C\C(=C)C1=c2ccc3ccc(C)c4ccc(c2c34)CC1. The average Bonchev–Trinajstić information content (AvgIpc) is 2.59. The van der Waals surface area contributed by atoms with Crippen molar-refractivity contribution >= 4 is 27.1 Å². The molecule has 1 aliphatic rings. The monoisotopic (exact) mass is 296 g/mol. The molecule has 0 saturated heterocycles. The minimum atomic E-state index is 1.06. The van der Waals surface area contributed by atoms with Crippen LogP contribution in [0.1, 0.15) is 17.5 Å². The molecular formula is C23H20. The van der Waals surface area contributed by atoms with E-state index in [-0.39, 0.29) is 0 Å². The van der Waals surface area contributed by atoms with Gasteiger partial charge < -0.3 is 0 Å². The van der Waals surface area contributed by atoms with E-state index >= 15 is 0 Å². The lowest BCUT2D eigenvalue weighted by Crippen LogP contribution is -2.16. The van der Waals surface area contributed by atoms with E-state index in [9.17, 15) is 0 Å². The Hall–Kier alpha value is -2.60. The minimum Gasteiger partial charge on any atom is -0.0991 e. The molecule has 4 rings (SSSR count). The molecule has 0 amide bonds. The Labute approximate surface area is 137 Å². The van der Waals surface area contributed by atoms with E-state index < -0.39 is 0 Å². The van der Waals surface area contributed by atoms with Gasteiger partial charge in [0.05, 0.1) is 0 Å². The van der Waals surface area contributed by atoms with Crippen molar-refractivity contribution in [3.8, 4) is 0 Å². The third-order valence-corrected chi connectivity index (χ3v) is 5.01. The number of aryl methyl sites for hydroxylation is 2. The van der Waals surface area contributed by atoms with Gasteiger partial charge in [-0.1, -0.05) is 67.8 Å². The van der Waals surface area contributed by atoms with E-state index in [1.807, 2.05) is 6.08 Å². The fourth-order valence-corrected chi connectivity index (χ4v) is 3.84. The van der Waals surface area contributed by atoms with Gasteiger partial charge >= 0.3 is 0 Å². The number of rotatable bonds is 3. The van der Waals surface area contributed by atoms with Gasteiger partial charge in [0, 0.05) is 0 Å². The van der Waals surface area contributed by atoms with Crippen molar-refractivity contribution in [2.24, 2.45) is 0 Å². The summed E-state index contributed by atoms with van der Waals surface area (Å²) >= 11 is 0. The van der Waals surface area contributed by atoms with Crippen molar-refractivity contribution < 1.29 is 0 Å². The molecule has 0 bridgehead atoms. The standard InChI is InChI=1S/C23H20/c1-4-5-6-15(2)19-12-9-18-10-13-20-16(3)7-8-17-11-14-21(19)23(18)22(17)20/h4-8,10-11,13-14H,1-2,9,12H2,3H3/b6-5-. The summed E-state index contributed by atoms with van der Waals surface area (Å²) in [6.45, 7) is 10.2. The van der Waals surface area contributed by atoms with Crippen LogP contribution in [-0.2, 0) is 6.42 Å². The summed E-state index contributed by atoms with van der Waals surface area (Å²) in [4.78, 5) is 0. The molecule has 0 saturated carbocycles. The minimum absolute atomic E-state index is 1.06. The molecule has 0 fully saturated rings. The highest BCUT2D eigenvalue weighted by atomic mass is 14.2. The largest absolute Gasteiger partial charge is 0.0991 e. The summed E-state index contributed by atoms with van der Waals surface area (Å²) in [5.74, 6) is 0. The highest BCUT2D eigenvalue weighted by molar-refractivity contribution is 6.13. The Morgan fingerprint density at radius 3 is 2.65 bits per heavy atom. The smallest absolute Gasteiger partial charge is 0.00273 e. The van der Waals surface area contributed by atoms with E-state index in [0.717, 1.165) is 18.4 Å². The molecule has 3 aromatic rings. The average molecular weight is 296 g/mol. The second kappa shape index (κ2) is 5.24. The van der Waals surface area contributed by atoms with Crippen LogP contribution < -0.4 is 5.22 Å². The summed E-state index contributed by atoms with van der Waals surface area (Å²) in [6.07, 6.45) is 7.99. The number of allylic oxidation sites excluding steroid dienone is 4. The molecular weight excluding hydrogens is 276 g/mol. The van der Waals surface area contributed by atoms with Crippen LogP contribution in [0.25, 0.3) is 27.1 Å². The molecule has 3 aromatic carbocycles. The van der Waals surface area contributed by atoms with Crippen molar-refractivity contribution in [2.45, 2.75) is 19.8 Å². The van der Waals surface area contributed by atoms with Crippen LogP contribution >= 0.6 is 0 Å². The van der Waals surface area contributed by atoms with Gasteiger partial charge in [-0.05, 0) is 68.8 Å². The zero-order chi connectivity index (χ0) is 16.0. The van der Waals surface area contributed by atoms with Crippen LogP contribution in [0.2, 0.25) is 0 Å². The summed E-state index contributed by atoms with van der Waals surface area (Å²) in [7, 11) is 0. The normalized spacial score (nSPS) is 14.0. The summed E-state index contributed by atoms with van der Waals surface area (Å²) in [6, 6.07) is 13.6. The van der Waals surface area contributed by atoms with Gasteiger partial charge in [-0.25, -0.2) is 0 Å². The lowest BCUT2D eigenvalue weighted by atomic mass is 9.84. The first-order chi connectivity index (χ1) is 11.2. The summed E-state index contributed by atoms with van der Waals surface area (Å²) in [5.41, 5.74) is 5.28. The third-order valence-electron chi connectivity index (χ3n) is 5.01. The Morgan fingerprint density at radius 1 is 1.00 bits per heavy atom. The Morgan fingerprint density at radius 2 is 1.83 bits per heavy atom. The number of benzene rings is 3. The quantitative estimate of drug-likeness (QED) is 0.566. The maximum atomic E-state index is 4.28. The van der Waals surface area contributed by atoms with Gasteiger partial charge in [0.2, 0.25) is 0 Å². The van der Waals surface area contributed by atoms with E-state index in [1.165, 1.54) is 43.5 Å². The Bertz CT molecular complexity index is 1040. The van der Waals surface area contributed by atoms with E-state index in [2.05, 4.69) is 62.6 Å². The lowest BCUT2D eigenvalue weighted by molar-refractivity contribution is 1.01. The Kier molecular flexibility index (Phi) is 3.20. The summed E-state index contributed by atoms with van der Waals surface area (Å²) < 4.78 is 0. The van der Waals surface area contributed by atoms with Crippen molar-refractivity contribution in [2.75, 3.05) is 0 Å².